The van der Waals surface area contributed by atoms with Crippen LogP contribution in [0, 0.1) is 0 Å². The second kappa shape index (κ2) is 3.22. The summed E-state index contributed by atoms with van der Waals surface area (Å²) < 4.78 is 2.01. The Balaban J connectivity index is 2.12. The number of aromatic nitrogens is 2. The van der Waals surface area contributed by atoms with E-state index in [9.17, 15) is 5.11 Å². The van der Waals surface area contributed by atoms with Crippen molar-refractivity contribution in [3.05, 3.63) is 35.2 Å². The van der Waals surface area contributed by atoms with E-state index in [4.69, 9.17) is 11.6 Å². The van der Waals surface area contributed by atoms with Gasteiger partial charge in [-0.1, -0.05) is 17.7 Å². The minimum atomic E-state index is -0.166. The highest BCUT2D eigenvalue weighted by molar-refractivity contribution is 6.30. The molecule has 1 aliphatic rings. The number of halogens is 1. The summed E-state index contributed by atoms with van der Waals surface area (Å²) in [6.07, 6.45) is 3.39. The van der Waals surface area contributed by atoms with Gasteiger partial charge in [0.1, 0.15) is 5.65 Å². The number of hydrogen-bond acceptors (Lipinski definition) is 2. The number of hydrogen-bond donors (Lipinski definition) is 1. The van der Waals surface area contributed by atoms with Crippen molar-refractivity contribution in [2.75, 3.05) is 0 Å². The number of nitrogens with zero attached hydrogens (tertiary/aromatic N) is 2. The Morgan fingerprint density at radius 2 is 2.20 bits per heavy atom. The molecule has 0 aromatic carbocycles. The SMILES string of the molecule is OC1CC(c2c(Cl)nc3ccccn23)C1. The van der Waals surface area contributed by atoms with E-state index in [0.717, 1.165) is 24.2 Å². The molecule has 15 heavy (non-hydrogen) atoms. The van der Waals surface area contributed by atoms with E-state index in [1.54, 1.807) is 0 Å². The van der Waals surface area contributed by atoms with E-state index < -0.39 is 0 Å². The average molecular weight is 223 g/mol. The standard InChI is InChI=1S/C11H11ClN2O/c12-11-10(7-5-8(15)6-7)14-4-2-1-3-9(14)13-11/h1-4,7-8,15H,5-6H2. The Morgan fingerprint density at radius 3 is 2.93 bits per heavy atom. The Kier molecular flexibility index (Phi) is 1.97. The number of rotatable bonds is 1. The van der Waals surface area contributed by atoms with Crippen LogP contribution in [-0.2, 0) is 0 Å². The molecule has 0 bridgehead atoms. The molecule has 3 nitrogen and oxygen atoms in total. The molecule has 1 fully saturated rings. The van der Waals surface area contributed by atoms with Crippen LogP contribution in [0.1, 0.15) is 24.5 Å². The van der Waals surface area contributed by atoms with Crippen molar-refractivity contribution in [3.8, 4) is 0 Å². The van der Waals surface area contributed by atoms with E-state index in [2.05, 4.69) is 4.98 Å². The fourth-order valence-electron chi connectivity index (χ4n) is 2.16. The van der Waals surface area contributed by atoms with Crippen molar-refractivity contribution in [2.45, 2.75) is 24.9 Å². The lowest BCUT2D eigenvalue weighted by atomic mass is 9.80. The highest BCUT2D eigenvalue weighted by Crippen LogP contribution is 2.39. The molecule has 0 saturated heterocycles. The zero-order valence-corrected chi connectivity index (χ0v) is 8.85. The van der Waals surface area contributed by atoms with Gasteiger partial charge >= 0.3 is 0 Å². The smallest absolute Gasteiger partial charge is 0.151 e. The fourth-order valence-corrected chi connectivity index (χ4v) is 2.49. The monoisotopic (exact) mass is 222 g/mol. The molecule has 0 radical (unpaired) electrons. The van der Waals surface area contributed by atoms with E-state index in [-0.39, 0.29) is 6.10 Å². The summed E-state index contributed by atoms with van der Waals surface area (Å²) in [5.41, 5.74) is 1.91. The lowest BCUT2D eigenvalue weighted by molar-refractivity contribution is 0.0730. The van der Waals surface area contributed by atoms with Gasteiger partial charge in [0, 0.05) is 12.1 Å². The van der Waals surface area contributed by atoms with Crippen molar-refractivity contribution in [3.63, 3.8) is 0 Å². The minimum absolute atomic E-state index is 0.166. The van der Waals surface area contributed by atoms with Crippen molar-refractivity contribution < 1.29 is 5.11 Å². The summed E-state index contributed by atoms with van der Waals surface area (Å²) in [6, 6.07) is 5.84. The molecular formula is C11H11ClN2O. The predicted octanol–water partition coefficient (Wildman–Crippen LogP) is 2.23. The molecule has 1 aliphatic carbocycles. The summed E-state index contributed by atoms with van der Waals surface area (Å²) in [6.45, 7) is 0. The van der Waals surface area contributed by atoms with Crippen LogP contribution in [0.5, 0.6) is 0 Å². The molecule has 2 aromatic heterocycles. The highest BCUT2D eigenvalue weighted by atomic mass is 35.5. The van der Waals surface area contributed by atoms with Gasteiger partial charge in [-0.15, -0.1) is 0 Å². The van der Waals surface area contributed by atoms with Gasteiger partial charge in [-0.2, -0.15) is 0 Å². The van der Waals surface area contributed by atoms with Gasteiger partial charge in [-0.05, 0) is 25.0 Å². The largest absolute Gasteiger partial charge is 0.393 e. The van der Waals surface area contributed by atoms with Crippen molar-refractivity contribution in [1.82, 2.24) is 9.38 Å². The zero-order valence-electron chi connectivity index (χ0n) is 8.10. The lowest BCUT2D eigenvalue weighted by Crippen LogP contribution is -2.27. The first-order valence-corrected chi connectivity index (χ1v) is 5.44. The van der Waals surface area contributed by atoms with Crippen LogP contribution in [0.2, 0.25) is 5.15 Å². The summed E-state index contributed by atoms with van der Waals surface area (Å²) in [7, 11) is 0. The van der Waals surface area contributed by atoms with Crippen LogP contribution in [0.15, 0.2) is 24.4 Å². The van der Waals surface area contributed by atoms with E-state index in [1.165, 1.54) is 0 Å². The predicted molar refractivity (Wildman–Crippen MR) is 58.2 cm³/mol. The van der Waals surface area contributed by atoms with Crippen molar-refractivity contribution >= 4 is 17.2 Å². The molecular weight excluding hydrogens is 212 g/mol. The van der Waals surface area contributed by atoms with Crippen LogP contribution in [0.4, 0.5) is 0 Å². The first-order valence-electron chi connectivity index (χ1n) is 5.06. The molecule has 3 rings (SSSR count). The van der Waals surface area contributed by atoms with Crippen LogP contribution in [0.25, 0.3) is 5.65 Å². The van der Waals surface area contributed by atoms with Gasteiger partial charge in [0.05, 0.1) is 11.8 Å². The molecule has 0 unspecified atom stereocenters. The molecule has 0 amide bonds. The third-order valence-electron chi connectivity index (χ3n) is 3.02. The number of imidazole rings is 1. The molecule has 0 aliphatic heterocycles. The maximum absolute atomic E-state index is 9.31. The quantitative estimate of drug-likeness (QED) is 0.804. The number of aliphatic hydroxyl groups excluding tert-OH is 1. The maximum atomic E-state index is 9.31. The first-order chi connectivity index (χ1) is 7.25. The third-order valence-corrected chi connectivity index (χ3v) is 3.30. The molecule has 78 valence electrons. The molecule has 0 atom stereocenters. The molecule has 4 heteroatoms. The van der Waals surface area contributed by atoms with Gasteiger partial charge in [0.25, 0.3) is 0 Å². The molecule has 1 N–H and O–H groups in total. The third kappa shape index (κ3) is 1.34. The average Bonchev–Trinajstić information content (AvgIpc) is 2.49. The summed E-state index contributed by atoms with van der Waals surface area (Å²) in [5.74, 6) is 0.352. The second-order valence-corrected chi connectivity index (χ2v) is 4.40. The first kappa shape index (κ1) is 9.19. The van der Waals surface area contributed by atoms with Crippen LogP contribution in [-0.4, -0.2) is 20.6 Å². The lowest BCUT2D eigenvalue weighted by Gasteiger charge is -2.31. The fraction of sp³-hybridized carbons (Fsp3) is 0.364. The normalized spacial score (nSPS) is 25.5. The van der Waals surface area contributed by atoms with Gasteiger partial charge in [-0.25, -0.2) is 4.98 Å². The summed E-state index contributed by atoms with van der Waals surface area (Å²) in [5, 5.41) is 9.88. The Hall–Kier alpha value is -1.06. The molecule has 0 spiro atoms. The Labute approximate surface area is 92.3 Å². The van der Waals surface area contributed by atoms with Gasteiger partial charge < -0.3 is 9.51 Å². The molecule has 2 heterocycles. The van der Waals surface area contributed by atoms with Gasteiger partial charge in [-0.3, -0.25) is 0 Å². The van der Waals surface area contributed by atoms with Gasteiger partial charge in [0.2, 0.25) is 0 Å². The summed E-state index contributed by atoms with van der Waals surface area (Å²) in [4.78, 5) is 4.29. The maximum Gasteiger partial charge on any atom is 0.151 e. The molecule has 2 aromatic rings. The number of aliphatic hydroxyl groups is 1. The molecule has 1 saturated carbocycles. The van der Waals surface area contributed by atoms with Crippen LogP contribution in [0.3, 0.4) is 0 Å². The second-order valence-electron chi connectivity index (χ2n) is 4.04. The number of fused-ring (bicyclic) bond motifs is 1. The van der Waals surface area contributed by atoms with Crippen LogP contribution < -0.4 is 0 Å². The minimum Gasteiger partial charge on any atom is -0.393 e. The van der Waals surface area contributed by atoms with E-state index >= 15 is 0 Å². The zero-order chi connectivity index (χ0) is 10.4. The Morgan fingerprint density at radius 1 is 1.40 bits per heavy atom. The van der Waals surface area contributed by atoms with Crippen LogP contribution >= 0.6 is 11.6 Å². The van der Waals surface area contributed by atoms with Crippen molar-refractivity contribution in [1.29, 1.82) is 0 Å². The Bertz CT molecular complexity index is 502. The number of pyridine rings is 1. The van der Waals surface area contributed by atoms with E-state index in [1.807, 2.05) is 28.8 Å². The van der Waals surface area contributed by atoms with Gasteiger partial charge in [0.15, 0.2) is 5.15 Å². The topological polar surface area (TPSA) is 37.5 Å². The highest BCUT2D eigenvalue weighted by Gasteiger charge is 2.32. The van der Waals surface area contributed by atoms with Crippen molar-refractivity contribution in [2.24, 2.45) is 0 Å². The summed E-state index contributed by atoms with van der Waals surface area (Å²) >= 11 is 6.11. The van der Waals surface area contributed by atoms with E-state index in [0.29, 0.717) is 11.1 Å².